The number of nitrogen functional groups attached to an aromatic ring is 2. The lowest BCUT2D eigenvalue weighted by molar-refractivity contribution is 0.103. The number of para-hydroxylation sites is 2. The number of nitrogens with zero attached hydrogens (tertiary/aromatic N) is 1. The van der Waals surface area contributed by atoms with Crippen LogP contribution in [-0.4, -0.2) is 5.78 Å². The van der Waals surface area contributed by atoms with Gasteiger partial charge in [-0.2, -0.15) is 5.26 Å². The number of hydrogen-bond donors (Lipinski definition) is 2. The smallest absolute Gasteiger partial charge is 0.195 e. The molecule has 0 spiro atoms. The molecule has 0 amide bonds. The summed E-state index contributed by atoms with van der Waals surface area (Å²) in [7, 11) is 0. The van der Waals surface area contributed by atoms with Gasteiger partial charge >= 0.3 is 0 Å². The molecule has 0 aliphatic carbocycles. The molecule has 0 heterocycles. The van der Waals surface area contributed by atoms with Gasteiger partial charge in [0.05, 0.1) is 17.3 Å². The number of ketones is 1. The Kier molecular flexibility index (Phi) is 10.2. The number of halogens is 2. The van der Waals surface area contributed by atoms with Gasteiger partial charge in [0.2, 0.25) is 0 Å². The molecule has 6 heteroatoms. The van der Waals surface area contributed by atoms with Crippen molar-refractivity contribution in [2.24, 2.45) is 0 Å². The summed E-state index contributed by atoms with van der Waals surface area (Å²) < 4.78 is 1.70. The maximum atomic E-state index is 12.1. The van der Waals surface area contributed by atoms with Crippen molar-refractivity contribution in [2.45, 2.75) is 0 Å². The molecule has 0 radical (unpaired) electrons. The summed E-state index contributed by atoms with van der Waals surface area (Å²) in [6.07, 6.45) is 0. The third kappa shape index (κ3) is 7.69. The molecule has 4 nitrogen and oxygen atoms in total. The van der Waals surface area contributed by atoms with Crippen LogP contribution in [0.4, 0.5) is 11.4 Å². The summed E-state index contributed by atoms with van der Waals surface area (Å²) in [5, 5.41) is 8.29. The first-order valence-corrected chi connectivity index (χ1v) is 11.1. The van der Waals surface area contributed by atoms with Crippen molar-refractivity contribution in [1.82, 2.24) is 0 Å². The Labute approximate surface area is 204 Å². The van der Waals surface area contributed by atoms with E-state index in [-0.39, 0.29) is 5.78 Å². The molecule has 0 saturated carbocycles. The zero-order chi connectivity index (χ0) is 23.3. The second-order valence-electron chi connectivity index (χ2n) is 6.40. The lowest BCUT2D eigenvalue weighted by Crippen LogP contribution is -2.05. The van der Waals surface area contributed by atoms with Gasteiger partial charge in [0.15, 0.2) is 5.78 Å². The van der Waals surface area contributed by atoms with E-state index in [0.717, 1.165) is 14.6 Å². The molecule has 160 valence electrons. The molecule has 0 atom stereocenters. The van der Waals surface area contributed by atoms with E-state index in [1.54, 1.807) is 36.4 Å². The average molecular weight is 551 g/mol. The fourth-order valence-electron chi connectivity index (χ4n) is 2.47. The van der Waals surface area contributed by atoms with Gasteiger partial charge in [-0.05, 0) is 68.3 Å². The van der Waals surface area contributed by atoms with Gasteiger partial charge < -0.3 is 11.5 Å². The predicted molar refractivity (Wildman–Crippen MR) is 138 cm³/mol. The number of nitriles is 1. The van der Waals surface area contributed by atoms with E-state index in [4.69, 9.17) is 16.7 Å². The van der Waals surface area contributed by atoms with Crippen LogP contribution in [0.2, 0.25) is 0 Å². The highest BCUT2D eigenvalue weighted by Gasteiger charge is 2.12. The number of hydrogen-bond acceptors (Lipinski definition) is 4. The Hall–Kier alpha value is -3.40. The Morgan fingerprint density at radius 1 is 0.688 bits per heavy atom. The van der Waals surface area contributed by atoms with Crippen LogP contribution in [0.3, 0.4) is 0 Å². The number of nitrogens with two attached hydrogens (primary N) is 2. The summed E-state index contributed by atoms with van der Waals surface area (Å²) in [5.74, 6) is -0.0561. The maximum absolute atomic E-state index is 12.1. The second-order valence-corrected chi connectivity index (χ2v) is 8.10. The fraction of sp³-hybridized carbons (Fsp3) is 0. The van der Waals surface area contributed by atoms with Crippen LogP contribution >= 0.6 is 31.9 Å². The first kappa shape index (κ1) is 24.9. The van der Waals surface area contributed by atoms with Gasteiger partial charge in [0.25, 0.3) is 0 Å². The summed E-state index contributed by atoms with van der Waals surface area (Å²) in [6.45, 7) is 0. The highest BCUT2D eigenvalue weighted by atomic mass is 79.9. The largest absolute Gasteiger partial charge is 0.398 e. The molecule has 4 N–H and O–H groups in total. The highest BCUT2D eigenvalue weighted by molar-refractivity contribution is 9.11. The number of benzene rings is 4. The van der Waals surface area contributed by atoms with Crippen molar-refractivity contribution in [3.8, 4) is 6.07 Å². The molecule has 0 aromatic heterocycles. The summed E-state index contributed by atoms with van der Waals surface area (Å²) in [5.41, 5.74) is 14.5. The molecular formula is C26H21Br2N3O. The number of carbonyl (C=O) groups is 1. The van der Waals surface area contributed by atoms with E-state index in [1.165, 1.54) is 0 Å². The van der Waals surface area contributed by atoms with Crippen LogP contribution in [-0.2, 0) is 0 Å². The number of carbonyl (C=O) groups excluding carboxylic acids is 1. The van der Waals surface area contributed by atoms with Crippen LogP contribution in [0.5, 0.6) is 0 Å². The number of rotatable bonds is 2. The quantitative estimate of drug-likeness (QED) is 0.211. The molecule has 4 rings (SSSR count). The van der Waals surface area contributed by atoms with E-state index in [9.17, 15) is 4.79 Å². The lowest BCUT2D eigenvalue weighted by atomic mass is 10.0. The Morgan fingerprint density at radius 3 is 1.72 bits per heavy atom. The Morgan fingerprint density at radius 2 is 1.22 bits per heavy atom. The molecule has 4 aromatic rings. The van der Waals surface area contributed by atoms with Gasteiger partial charge in [0.1, 0.15) is 0 Å². The molecule has 0 unspecified atom stereocenters. The summed E-state index contributed by atoms with van der Waals surface area (Å²) in [4.78, 5) is 12.1. The topological polar surface area (TPSA) is 92.9 Å². The Balaban J connectivity index is 0.000000190. The first-order chi connectivity index (χ1) is 15.4. The van der Waals surface area contributed by atoms with E-state index in [1.807, 2.05) is 72.8 Å². The third-order valence-corrected chi connectivity index (χ3v) is 5.56. The van der Waals surface area contributed by atoms with Gasteiger partial charge in [-0.25, -0.2) is 0 Å². The zero-order valence-electron chi connectivity index (χ0n) is 17.1. The van der Waals surface area contributed by atoms with Crippen molar-refractivity contribution in [2.75, 3.05) is 11.5 Å². The monoisotopic (exact) mass is 549 g/mol. The van der Waals surface area contributed by atoms with Gasteiger partial charge in [-0.3, -0.25) is 4.79 Å². The molecule has 4 aromatic carbocycles. The minimum Gasteiger partial charge on any atom is -0.398 e. The van der Waals surface area contributed by atoms with Gasteiger partial charge in [-0.1, -0.05) is 66.7 Å². The van der Waals surface area contributed by atoms with Crippen LogP contribution < -0.4 is 11.5 Å². The molecule has 0 bridgehead atoms. The van der Waals surface area contributed by atoms with Crippen LogP contribution in [0.1, 0.15) is 21.5 Å². The average Bonchev–Trinajstić information content (AvgIpc) is 2.84. The van der Waals surface area contributed by atoms with E-state index < -0.39 is 0 Å². The standard InChI is InChI=1S/C13H10BrNO.C7H5N.C6H6BrN/c14-11-8-4-7-10(12(11)15)13(16)9-5-2-1-3-6-9;8-6-7-4-2-1-3-5-7;7-5-3-1-2-4-6(5)8/h1-8H,15H2;1-5H;1-4H,8H2. The fourth-order valence-corrected chi connectivity index (χ4v) is 3.12. The molecule has 0 aliphatic rings. The predicted octanol–water partition coefficient (Wildman–Crippen LogP) is 6.85. The van der Waals surface area contributed by atoms with E-state index >= 15 is 0 Å². The van der Waals surface area contributed by atoms with Crippen molar-refractivity contribution in [1.29, 1.82) is 5.26 Å². The molecule has 0 saturated heterocycles. The van der Waals surface area contributed by atoms with E-state index in [2.05, 4.69) is 31.9 Å². The van der Waals surface area contributed by atoms with Crippen molar-refractivity contribution < 1.29 is 4.79 Å². The normalized spacial score (nSPS) is 9.28. The number of anilines is 2. The SMILES string of the molecule is N#Cc1ccccc1.Nc1c(Br)cccc1C(=O)c1ccccc1.Nc1ccccc1Br. The molecule has 0 aliphatic heterocycles. The Bertz CT molecular complexity index is 1170. The van der Waals surface area contributed by atoms with Crippen LogP contribution in [0.25, 0.3) is 0 Å². The van der Waals surface area contributed by atoms with Gasteiger partial charge in [-0.15, -0.1) is 0 Å². The minimum atomic E-state index is -0.0561. The first-order valence-electron chi connectivity index (χ1n) is 9.53. The summed E-state index contributed by atoms with van der Waals surface area (Å²) >= 11 is 6.58. The zero-order valence-corrected chi connectivity index (χ0v) is 20.3. The van der Waals surface area contributed by atoms with Crippen molar-refractivity contribution in [3.63, 3.8) is 0 Å². The lowest BCUT2D eigenvalue weighted by Gasteiger charge is -2.06. The molecule has 32 heavy (non-hydrogen) atoms. The maximum Gasteiger partial charge on any atom is 0.195 e. The third-order valence-electron chi connectivity index (χ3n) is 4.14. The van der Waals surface area contributed by atoms with Crippen LogP contribution in [0.15, 0.2) is 112 Å². The van der Waals surface area contributed by atoms with Crippen molar-refractivity contribution in [3.05, 3.63) is 129 Å². The highest BCUT2D eigenvalue weighted by Crippen LogP contribution is 2.25. The van der Waals surface area contributed by atoms with E-state index in [0.29, 0.717) is 22.4 Å². The summed E-state index contributed by atoms with van der Waals surface area (Å²) in [6, 6.07) is 33.2. The van der Waals surface area contributed by atoms with Gasteiger partial charge in [0, 0.05) is 25.8 Å². The van der Waals surface area contributed by atoms with Crippen LogP contribution in [0, 0.1) is 11.3 Å². The molecular weight excluding hydrogens is 530 g/mol. The second kappa shape index (κ2) is 13.1. The molecule has 0 fully saturated rings. The minimum absolute atomic E-state index is 0.0561. The van der Waals surface area contributed by atoms with Crippen molar-refractivity contribution >= 4 is 49.0 Å².